The van der Waals surface area contributed by atoms with Gasteiger partial charge in [-0.15, -0.1) is 0 Å². The Morgan fingerprint density at radius 3 is 2.83 bits per heavy atom. The van der Waals surface area contributed by atoms with E-state index in [0.717, 1.165) is 5.69 Å². The summed E-state index contributed by atoms with van der Waals surface area (Å²) in [5.74, 6) is -0.0179. The van der Waals surface area contributed by atoms with Gasteiger partial charge in [0.15, 0.2) is 0 Å². The molecule has 0 aliphatic rings. The number of anilines is 1. The van der Waals surface area contributed by atoms with Gasteiger partial charge in [-0.25, -0.2) is 0 Å². The number of nitrogens with one attached hydrogen (secondary N) is 1. The van der Waals surface area contributed by atoms with Crippen LogP contribution in [0.15, 0.2) is 18.2 Å². The first-order valence-electron chi connectivity index (χ1n) is 5.60. The molecule has 1 rings (SSSR count). The number of likely N-dealkylation sites (N-methyl/N-ethyl adjacent to an activating group) is 1. The average Bonchev–Trinajstić information content (AvgIpc) is 2.34. The maximum Gasteiger partial charge on any atom is 0.124 e. The first-order chi connectivity index (χ1) is 8.56. The zero-order chi connectivity index (χ0) is 13.5. The van der Waals surface area contributed by atoms with Crippen LogP contribution in [0.3, 0.4) is 0 Å². The minimum Gasteiger partial charge on any atom is -0.394 e. The van der Waals surface area contributed by atoms with E-state index in [9.17, 15) is 0 Å². The Kier molecular flexibility index (Phi) is 5.91. The third kappa shape index (κ3) is 4.18. The van der Waals surface area contributed by atoms with Gasteiger partial charge in [0.05, 0.1) is 19.8 Å². The van der Waals surface area contributed by atoms with Crippen LogP contribution in [0.1, 0.15) is 5.56 Å². The van der Waals surface area contributed by atoms with Crippen LogP contribution < -0.4 is 10.6 Å². The van der Waals surface area contributed by atoms with Gasteiger partial charge in [0.25, 0.3) is 0 Å². The molecule has 4 N–H and O–H groups in total. The van der Waals surface area contributed by atoms with Crippen molar-refractivity contribution in [1.82, 2.24) is 0 Å². The zero-order valence-corrected chi connectivity index (χ0v) is 11.1. The van der Waals surface area contributed by atoms with Gasteiger partial charge in [-0.05, 0) is 18.2 Å². The van der Waals surface area contributed by atoms with Crippen LogP contribution in [0.5, 0.6) is 0 Å². The first kappa shape index (κ1) is 14.8. The molecule has 0 radical (unpaired) electrons. The molecule has 0 atom stereocenters. The first-order valence-corrected chi connectivity index (χ1v) is 5.97. The molecule has 1 aromatic rings. The summed E-state index contributed by atoms with van der Waals surface area (Å²) in [5, 5.41) is 16.7. The number of hydrogen-bond donors (Lipinski definition) is 3. The van der Waals surface area contributed by atoms with Crippen molar-refractivity contribution in [3.8, 4) is 0 Å². The van der Waals surface area contributed by atoms with Gasteiger partial charge in [-0.1, -0.05) is 11.6 Å². The van der Waals surface area contributed by atoms with Gasteiger partial charge in [0.2, 0.25) is 0 Å². The molecule has 0 bridgehead atoms. The molecule has 100 valence electrons. The van der Waals surface area contributed by atoms with Gasteiger partial charge in [-0.2, -0.15) is 0 Å². The molecule has 0 aliphatic carbocycles. The molecule has 18 heavy (non-hydrogen) atoms. The zero-order valence-electron chi connectivity index (χ0n) is 10.3. The van der Waals surface area contributed by atoms with Crippen LogP contribution in [0.4, 0.5) is 5.69 Å². The molecule has 6 heteroatoms. The number of benzene rings is 1. The third-order valence-electron chi connectivity index (χ3n) is 2.47. The fourth-order valence-electron chi connectivity index (χ4n) is 1.55. The van der Waals surface area contributed by atoms with Crippen molar-refractivity contribution in [2.45, 2.75) is 0 Å². The van der Waals surface area contributed by atoms with E-state index in [-0.39, 0.29) is 12.4 Å². The SMILES string of the molecule is CN(CCOCCO)c1ccc(Cl)cc1C(=N)N. The number of rotatable bonds is 7. The van der Waals surface area contributed by atoms with E-state index >= 15 is 0 Å². The molecule has 0 saturated carbocycles. The van der Waals surface area contributed by atoms with Crippen LogP contribution in [0, 0.1) is 5.41 Å². The fraction of sp³-hybridized carbons (Fsp3) is 0.417. The quantitative estimate of drug-likeness (QED) is 0.394. The third-order valence-corrected chi connectivity index (χ3v) is 2.70. The summed E-state index contributed by atoms with van der Waals surface area (Å²) in [5.41, 5.74) is 6.97. The normalized spacial score (nSPS) is 10.4. The number of nitrogens with zero attached hydrogens (tertiary/aromatic N) is 1. The van der Waals surface area contributed by atoms with Gasteiger partial charge < -0.3 is 20.5 Å². The highest BCUT2D eigenvalue weighted by molar-refractivity contribution is 6.31. The van der Waals surface area contributed by atoms with Gasteiger partial charge >= 0.3 is 0 Å². The predicted molar refractivity (Wildman–Crippen MR) is 73.6 cm³/mol. The summed E-state index contributed by atoms with van der Waals surface area (Å²) in [6.07, 6.45) is 0. The Balaban J connectivity index is 2.72. The number of amidine groups is 1. The monoisotopic (exact) mass is 271 g/mol. The molecule has 0 aliphatic heterocycles. The molecule has 0 amide bonds. The lowest BCUT2D eigenvalue weighted by Crippen LogP contribution is -2.26. The Morgan fingerprint density at radius 2 is 2.22 bits per heavy atom. The summed E-state index contributed by atoms with van der Waals surface area (Å²) in [7, 11) is 1.89. The summed E-state index contributed by atoms with van der Waals surface area (Å²) in [6, 6.07) is 5.25. The topological polar surface area (TPSA) is 82.6 Å². The molecule has 0 aromatic heterocycles. The molecule has 0 saturated heterocycles. The summed E-state index contributed by atoms with van der Waals surface area (Å²) < 4.78 is 5.20. The maximum atomic E-state index is 8.60. The van der Waals surface area contributed by atoms with Gasteiger partial charge in [0.1, 0.15) is 5.84 Å². The molecular formula is C12H18ClN3O2. The Bertz CT molecular complexity index is 412. The average molecular weight is 272 g/mol. The second kappa shape index (κ2) is 7.20. The maximum absolute atomic E-state index is 8.60. The van der Waals surface area contributed by atoms with E-state index in [1.807, 2.05) is 18.0 Å². The molecule has 0 spiro atoms. The van der Waals surface area contributed by atoms with E-state index in [0.29, 0.717) is 30.3 Å². The van der Waals surface area contributed by atoms with Crippen LogP contribution in [0.2, 0.25) is 5.02 Å². The fourth-order valence-corrected chi connectivity index (χ4v) is 1.72. The molecule has 0 heterocycles. The lowest BCUT2D eigenvalue weighted by molar-refractivity contribution is 0.0971. The van der Waals surface area contributed by atoms with E-state index in [2.05, 4.69) is 0 Å². The Hall–Kier alpha value is -1.30. The van der Waals surface area contributed by atoms with Crippen LogP contribution in [0.25, 0.3) is 0 Å². The highest BCUT2D eigenvalue weighted by Crippen LogP contribution is 2.23. The predicted octanol–water partition coefficient (Wildman–Crippen LogP) is 1.07. The van der Waals surface area contributed by atoms with Crippen molar-refractivity contribution in [2.75, 3.05) is 38.3 Å². The van der Waals surface area contributed by atoms with Crippen molar-refractivity contribution < 1.29 is 9.84 Å². The lowest BCUT2D eigenvalue weighted by atomic mass is 10.1. The van der Waals surface area contributed by atoms with Crippen molar-refractivity contribution in [3.05, 3.63) is 28.8 Å². The van der Waals surface area contributed by atoms with Crippen LogP contribution in [-0.4, -0.2) is 44.4 Å². The van der Waals surface area contributed by atoms with Crippen molar-refractivity contribution in [1.29, 1.82) is 5.41 Å². The van der Waals surface area contributed by atoms with Crippen molar-refractivity contribution >= 4 is 23.1 Å². The van der Waals surface area contributed by atoms with Crippen molar-refractivity contribution in [2.24, 2.45) is 5.73 Å². The smallest absolute Gasteiger partial charge is 0.124 e. The Morgan fingerprint density at radius 1 is 1.50 bits per heavy atom. The number of ether oxygens (including phenoxy) is 1. The highest BCUT2D eigenvalue weighted by Gasteiger charge is 2.10. The molecule has 1 aromatic carbocycles. The Labute approximate surface area is 112 Å². The minimum atomic E-state index is -0.0179. The van der Waals surface area contributed by atoms with Crippen LogP contribution >= 0.6 is 11.6 Å². The molecular weight excluding hydrogens is 254 g/mol. The number of aliphatic hydroxyl groups excluding tert-OH is 1. The van der Waals surface area contributed by atoms with E-state index in [1.165, 1.54) is 0 Å². The van der Waals surface area contributed by atoms with Gasteiger partial charge in [-0.3, -0.25) is 5.41 Å². The van der Waals surface area contributed by atoms with Crippen molar-refractivity contribution in [3.63, 3.8) is 0 Å². The second-order valence-electron chi connectivity index (χ2n) is 3.83. The number of halogens is 1. The number of aliphatic hydroxyl groups is 1. The largest absolute Gasteiger partial charge is 0.394 e. The van der Waals surface area contributed by atoms with E-state index < -0.39 is 0 Å². The molecule has 0 fully saturated rings. The summed E-state index contributed by atoms with van der Waals surface area (Å²) in [6.45, 7) is 1.48. The van der Waals surface area contributed by atoms with E-state index in [1.54, 1.807) is 12.1 Å². The van der Waals surface area contributed by atoms with Gasteiger partial charge in [0, 0.05) is 29.9 Å². The lowest BCUT2D eigenvalue weighted by Gasteiger charge is -2.22. The van der Waals surface area contributed by atoms with E-state index in [4.69, 9.17) is 32.6 Å². The number of nitrogens with two attached hydrogens (primary N) is 1. The molecule has 5 nitrogen and oxygen atoms in total. The summed E-state index contributed by atoms with van der Waals surface area (Å²) in [4.78, 5) is 1.93. The standard InChI is InChI=1S/C12H18ClN3O2/c1-16(4-6-18-7-5-17)11-3-2-9(13)8-10(11)12(14)15/h2-3,8,17H,4-7H2,1H3,(H3,14,15). The highest BCUT2D eigenvalue weighted by atomic mass is 35.5. The second-order valence-corrected chi connectivity index (χ2v) is 4.27. The minimum absolute atomic E-state index is 0.0172. The molecule has 0 unspecified atom stereocenters. The summed E-state index contributed by atoms with van der Waals surface area (Å²) >= 11 is 5.89. The number of nitrogen functional groups attached to an aromatic ring is 1. The number of hydrogen-bond acceptors (Lipinski definition) is 4. The van der Waals surface area contributed by atoms with Crippen LogP contribution in [-0.2, 0) is 4.74 Å².